The van der Waals surface area contributed by atoms with E-state index < -0.39 is 0 Å². The van der Waals surface area contributed by atoms with Gasteiger partial charge in [0.2, 0.25) is 5.95 Å². The van der Waals surface area contributed by atoms with E-state index in [1.807, 2.05) is 6.20 Å². The summed E-state index contributed by atoms with van der Waals surface area (Å²) in [6, 6.07) is 6.02. The van der Waals surface area contributed by atoms with Crippen molar-refractivity contribution in [1.29, 1.82) is 0 Å². The van der Waals surface area contributed by atoms with Gasteiger partial charge < -0.3 is 15.0 Å². The highest BCUT2D eigenvalue weighted by Crippen LogP contribution is 2.28. The molecule has 3 rings (SSSR count). The van der Waals surface area contributed by atoms with Gasteiger partial charge in [0.25, 0.3) is 0 Å². The fourth-order valence-corrected chi connectivity index (χ4v) is 3.00. The molecule has 0 aromatic carbocycles. The normalized spacial score (nSPS) is 18.7. The molecule has 2 aromatic heterocycles. The van der Waals surface area contributed by atoms with Gasteiger partial charge in [-0.2, -0.15) is 0 Å². The zero-order valence-electron chi connectivity index (χ0n) is 13.5. The highest BCUT2D eigenvalue weighted by atomic mass is 16.5. The molecule has 0 saturated carbocycles. The Morgan fingerprint density at radius 3 is 2.96 bits per heavy atom. The third-order valence-electron chi connectivity index (χ3n) is 4.18. The molecule has 1 unspecified atom stereocenters. The average molecular weight is 313 g/mol. The fraction of sp³-hybridized carbons (Fsp3) is 0.471. The molecular weight excluding hydrogens is 290 g/mol. The number of anilines is 2. The highest BCUT2D eigenvalue weighted by Gasteiger charge is 2.21. The number of pyridine rings is 1. The SMILES string of the molecule is COCCN1CCCC(c2ccnc(Nc3ncccn3)c2)C1. The van der Waals surface area contributed by atoms with E-state index >= 15 is 0 Å². The number of ether oxygens (including phenoxy) is 1. The van der Waals surface area contributed by atoms with Crippen LogP contribution < -0.4 is 5.32 Å². The predicted molar refractivity (Wildman–Crippen MR) is 89.8 cm³/mol. The fourth-order valence-electron chi connectivity index (χ4n) is 3.00. The Hall–Kier alpha value is -2.05. The Kier molecular flexibility index (Phi) is 5.50. The van der Waals surface area contributed by atoms with E-state index in [1.165, 1.54) is 18.4 Å². The monoisotopic (exact) mass is 313 g/mol. The van der Waals surface area contributed by atoms with E-state index in [4.69, 9.17) is 4.74 Å². The van der Waals surface area contributed by atoms with Gasteiger partial charge in [-0.1, -0.05) is 0 Å². The third kappa shape index (κ3) is 4.46. The lowest BCUT2D eigenvalue weighted by atomic mass is 9.91. The summed E-state index contributed by atoms with van der Waals surface area (Å²) < 4.78 is 5.20. The van der Waals surface area contributed by atoms with E-state index in [-0.39, 0.29) is 0 Å². The van der Waals surface area contributed by atoms with Gasteiger partial charge in [-0.15, -0.1) is 0 Å². The Morgan fingerprint density at radius 1 is 1.26 bits per heavy atom. The molecule has 6 heteroatoms. The average Bonchev–Trinajstić information content (AvgIpc) is 2.61. The molecule has 0 bridgehead atoms. The molecule has 2 aromatic rings. The van der Waals surface area contributed by atoms with Crippen molar-refractivity contribution in [3.05, 3.63) is 42.4 Å². The number of methoxy groups -OCH3 is 1. The van der Waals surface area contributed by atoms with E-state index in [2.05, 4.69) is 37.3 Å². The van der Waals surface area contributed by atoms with Crippen LogP contribution in [0.15, 0.2) is 36.8 Å². The number of piperidine rings is 1. The summed E-state index contributed by atoms with van der Waals surface area (Å²) in [6.45, 7) is 4.03. The molecule has 1 aliphatic rings. The standard InChI is InChI=1S/C17H23N5O/c1-23-11-10-22-9-2-4-15(13-22)14-5-8-18-16(12-14)21-17-19-6-3-7-20-17/h3,5-8,12,15H,2,4,9-11,13H2,1H3,(H,18,19,20,21). The quantitative estimate of drug-likeness (QED) is 0.884. The molecule has 1 aliphatic heterocycles. The Bertz CT molecular complexity index is 607. The molecule has 0 radical (unpaired) electrons. The molecular formula is C17H23N5O. The van der Waals surface area contributed by atoms with Crippen molar-refractivity contribution < 1.29 is 4.74 Å². The minimum Gasteiger partial charge on any atom is -0.383 e. The van der Waals surface area contributed by atoms with Crippen molar-refractivity contribution >= 4 is 11.8 Å². The molecule has 1 saturated heterocycles. The van der Waals surface area contributed by atoms with Gasteiger partial charge in [0.15, 0.2) is 0 Å². The van der Waals surface area contributed by atoms with E-state index in [1.54, 1.807) is 25.6 Å². The molecule has 0 aliphatic carbocycles. The third-order valence-corrected chi connectivity index (χ3v) is 4.18. The van der Waals surface area contributed by atoms with Crippen LogP contribution in [0.2, 0.25) is 0 Å². The maximum Gasteiger partial charge on any atom is 0.228 e. The summed E-state index contributed by atoms with van der Waals surface area (Å²) >= 11 is 0. The summed E-state index contributed by atoms with van der Waals surface area (Å²) in [6.07, 6.45) is 7.73. The zero-order chi connectivity index (χ0) is 15.9. The summed E-state index contributed by atoms with van der Waals surface area (Å²) in [5, 5.41) is 3.16. The van der Waals surface area contributed by atoms with Crippen LogP contribution in [0.25, 0.3) is 0 Å². The number of nitrogens with zero attached hydrogens (tertiary/aromatic N) is 4. The summed E-state index contributed by atoms with van der Waals surface area (Å²) in [7, 11) is 1.76. The first-order valence-electron chi connectivity index (χ1n) is 8.06. The lowest BCUT2D eigenvalue weighted by Crippen LogP contribution is -2.36. The second-order valence-corrected chi connectivity index (χ2v) is 5.80. The van der Waals surface area contributed by atoms with Crippen LogP contribution in [0.4, 0.5) is 11.8 Å². The van der Waals surface area contributed by atoms with Crippen LogP contribution in [0, 0.1) is 0 Å². The first-order valence-corrected chi connectivity index (χ1v) is 8.06. The smallest absolute Gasteiger partial charge is 0.228 e. The molecule has 0 amide bonds. The second-order valence-electron chi connectivity index (χ2n) is 5.80. The van der Waals surface area contributed by atoms with Crippen LogP contribution in [-0.4, -0.2) is 53.2 Å². The van der Waals surface area contributed by atoms with E-state index in [0.29, 0.717) is 11.9 Å². The van der Waals surface area contributed by atoms with Crippen molar-refractivity contribution in [2.75, 3.05) is 38.7 Å². The van der Waals surface area contributed by atoms with Crippen molar-refractivity contribution in [2.45, 2.75) is 18.8 Å². The number of nitrogens with one attached hydrogen (secondary N) is 1. The van der Waals surface area contributed by atoms with Crippen molar-refractivity contribution in [3.8, 4) is 0 Å². The summed E-state index contributed by atoms with van der Waals surface area (Å²) in [5.41, 5.74) is 1.32. The predicted octanol–water partition coefficient (Wildman–Crippen LogP) is 2.44. The van der Waals surface area contributed by atoms with Crippen LogP contribution in [0.1, 0.15) is 24.3 Å². The summed E-state index contributed by atoms with van der Waals surface area (Å²) in [4.78, 5) is 15.2. The first-order chi connectivity index (χ1) is 11.3. The van der Waals surface area contributed by atoms with Crippen LogP contribution in [0.5, 0.6) is 0 Å². The van der Waals surface area contributed by atoms with Gasteiger partial charge in [-0.25, -0.2) is 15.0 Å². The molecule has 1 fully saturated rings. The molecule has 23 heavy (non-hydrogen) atoms. The lowest BCUT2D eigenvalue weighted by molar-refractivity contribution is 0.128. The lowest BCUT2D eigenvalue weighted by Gasteiger charge is -2.32. The molecule has 1 atom stereocenters. The Balaban J connectivity index is 1.67. The van der Waals surface area contributed by atoms with Crippen molar-refractivity contribution in [3.63, 3.8) is 0 Å². The van der Waals surface area contributed by atoms with Gasteiger partial charge in [0.05, 0.1) is 6.61 Å². The number of rotatable bonds is 6. The van der Waals surface area contributed by atoms with E-state index in [0.717, 1.165) is 32.1 Å². The van der Waals surface area contributed by atoms with E-state index in [9.17, 15) is 0 Å². The van der Waals surface area contributed by atoms with Gasteiger partial charge in [0.1, 0.15) is 5.82 Å². The Labute approximate surface area is 136 Å². The largest absolute Gasteiger partial charge is 0.383 e. The minimum atomic E-state index is 0.542. The molecule has 1 N–H and O–H groups in total. The molecule has 122 valence electrons. The maximum absolute atomic E-state index is 5.20. The second kappa shape index (κ2) is 7.99. The number of hydrogen-bond acceptors (Lipinski definition) is 6. The van der Waals surface area contributed by atoms with Crippen molar-refractivity contribution in [1.82, 2.24) is 19.9 Å². The van der Waals surface area contributed by atoms with Gasteiger partial charge in [-0.05, 0) is 49.1 Å². The number of likely N-dealkylation sites (tertiary alicyclic amines) is 1. The summed E-state index contributed by atoms with van der Waals surface area (Å²) in [5.74, 6) is 1.91. The topological polar surface area (TPSA) is 63.2 Å². The molecule has 0 spiro atoms. The minimum absolute atomic E-state index is 0.542. The number of aromatic nitrogens is 3. The van der Waals surface area contributed by atoms with Crippen LogP contribution in [-0.2, 0) is 4.74 Å². The van der Waals surface area contributed by atoms with Gasteiger partial charge in [0, 0.05) is 38.8 Å². The first kappa shape index (κ1) is 15.8. The van der Waals surface area contributed by atoms with Gasteiger partial charge >= 0.3 is 0 Å². The molecule has 3 heterocycles. The van der Waals surface area contributed by atoms with Crippen LogP contribution >= 0.6 is 0 Å². The number of hydrogen-bond donors (Lipinski definition) is 1. The van der Waals surface area contributed by atoms with Crippen LogP contribution in [0.3, 0.4) is 0 Å². The Morgan fingerprint density at radius 2 is 2.13 bits per heavy atom. The molecule has 6 nitrogen and oxygen atoms in total. The zero-order valence-corrected chi connectivity index (χ0v) is 13.5. The maximum atomic E-state index is 5.20. The highest BCUT2D eigenvalue weighted by molar-refractivity contribution is 5.48. The van der Waals surface area contributed by atoms with Crippen molar-refractivity contribution in [2.24, 2.45) is 0 Å². The van der Waals surface area contributed by atoms with Gasteiger partial charge in [-0.3, -0.25) is 0 Å².